The van der Waals surface area contributed by atoms with E-state index in [9.17, 15) is 13.6 Å². The van der Waals surface area contributed by atoms with E-state index in [-0.39, 0.29) is 36.3 Å². The number of imidazole rings is 1. The highest BCUT2D eigenvalue weighted by Crippen LogP contribution is 2.47. The van der Waals surface area contributed by atoms with Crippen molar-refractivity contribution in [3.05, 3.63) is 52.6 Å². The summed E-state index contributed by atoms with van der Waals surface area (Å²) in [4.78, 5) is 25.1. The fourth-order valence-electron chi connectivity index (χ4n) is 4.87. The van der Waals surface area contributed by atoms with Gasteiger partial charge in [-0.25, -0.2) is 27.9 Å². The molecular formula is C21H21F2N7O. The van der Waals surface area contributed by atoms with Crippen molar-refractivity contribution in [1.82, 2.24) is 34.3 Å². The summed E-state index contributed by atoms with van der Waals surface area (Å²) in [6, 6.07) is 3.59. The van der Waals surface area contributed by atoms with E-state index in [2.05, 4.69) is 20.2 Å². The fourth-order valence-corrected chi connectivity index (χ4v) is 4.87. The highest BCUT2D eigenvalue weighted by atomic mass is 19.3. The minimum atomic E-state index is -2.61. The molecule has 10 heteroatoms. The molecule has 0 amide bonds. The van der Waals surface area contributed by atoms with Crippen molar-refractivity contribution in [1.29, 1.82) is 0 Å². The summed E-state index contributed by atoms with van der Waals surface area (Å²) in [7, 11) is 0. The third-order valence-electron chi connectivity index (χ3n) is 6.78. The van der Waals surface area contributed by atoms with Gasteiger partial charge >= 0.3 is 0 Å². The molecule has 2 unspecified atom stereocenters. The normalized spacial score (nSPS) is 23.9. The maximum Gasteiger partial charge on any atom is 0.262 e. The van der Waals surface area contributed by atoms with Gasteiger partial charge in [0.1, 0.15) is 11.2 Å². The minimum absolute atomic E-state index is 0.0426. The second-order valence-electron chi connectivity index (χ2n) is 8.65. The molecule has 8 nitrogen and oxygen atoms in total. The van der Waals surface area contributed by atoms with Crippen LogP contribution in [0.1, 0.15) is 67.9 Å². The third-order valence-corrected chi connectivity index (χ3v) is 6.78. The summed E-state index contributed by atoms with van der Waals surface area (Å²) in [6.45, 7) is 0. The molecule has 1 N–H and O–H groups in total. The molecule has 0 spiro atoms. The molecule has 4 aromatic heterocycles. The monoisotopic (exact) mass is 425 g/mol. The lowest BCUT2D eigenvalue weighted by atomic mass is 9.71. The summed E-state index contributed by atoms with van der Waals surface area (Å²) >= 11 is 0. The second-order valence-corrected chi connectivity index (χ2v) is 8.65. The van der Waals surface area contributed by atoms with Gasteiger partial charge in [0.05, 0.1) is 24.1 Å². The molecule has 2 saturated carbocycles. The zero-order valence-electron chi connectivity index (χ0n) is 16.7. The summed E-state index contributed by atoms with van der Waals surface area (Å²) in [5, 5.41) is 9.02. The summed E-state index contributed by atoms with van der Waals surface area (Å²) in [5.41, 5.74) is 1.96. The van der Waals surface area contributed by atoms with Gasteiger partial charge in [-0.15, -0.1) is 0 Å². The molecule has 2 atom stereocenters. The van der Waals surface area contributed by atoms with Crippen molar-refractivity contribution >= 4 is 16.7 Å². The number of alkyl halides is 2. The zero-order chi connectivity index (χ0) is 21.2. The topological polar surface area (TPSA) is 93.8 Å². The van der Waals surface area contributed by atoms with Gasteiger partial charge < -0.3 is 4.98 Å². The molecule has 2 aliphatic carbocycles. The summed E-state index contributed by atoms with van der Waals surface area (Å²) in [5.74, 6) is -1.81. The van der Waals surface area contributed by atoms with Crippen LogP contribution in [0.4, 0.5) is 8.78 Å². The second kappa shape index (κ2) is 6.66. The van der Waals surface area contributed by atoms with E-state index >= 15 is 0 Å². The van der Waals surface area contributed by atoms with Crippen LogP contribution < -0.4 is 5.56 Å². The molecule has 160 valence electrons. The van der Waals surface area contributed by atoms with E-state index in [1.807, 2.05) is 18.3 Å². The standard InChI is InChI=1S/C21H21F2N7O/c22-21(23)7-5-12(6-8-21)30-19-15(10-25-30)20(31)28-18(27-19)14-4-3-13(14)16-11-29-17(26-16)2-1-9-24-29/h1-2,9-14H,3-8H2,(H,27,28,31). The average molecular weight is 425 g/mol. The Labute approximate surface area is 175 Å². The molecular weight excluding hydrogens is 404 g/mol. The highest BCUT2D eigenvalue weighted by Gasteiger charge is 2.39. The number of nitrogens with zero attached hydrogens (tertiary/aromatic N) is 6. The number of aromatic nitrogens is 7. The molecule has 31 heavy (non-hydrogen) atoms. The van der Waals surface area contributed by atoms with E-state index in [1.54, 1.807) is 15.4 Å². The molecule has 0 radical (unpaired) electrons. The Morgan fingerprint density at radius 3 is 2.61 bits per heavy atom. The van der Waals surface area contributed by atoms with Gasteiger partial charge in [0.15, 0.2) is 11.3 Å². The Hall–Kier alpha value is -3.17. The SMILES string of the molecule is O=c1[nH]c(C2CCC2c2cn3ncccc3n2)nc2c1cnn2C1CCC(F)(F)CC1. The fraction of sp³-hybridized carbons (Fsp3) is 0.476. The van der Waals surface area contributed by atoms with Gasteiger partial charge in [0, 0.05) is 30.9 Å². The van der Waals surface area contributed by atoms with Crippen LogP contribution in [0.25, 0.3) is 16.7 Å². The van der Waals surface area contributed by atoms with Gasteiger partial charge in [-0.2, -0.15) is 10.2 Å². The van der Waals surface area contributed by atoms with Crippen LogP contribution in [0.2, 0.25) is 0 Å². The van der Waals surface area contributed by atoms with Gasteiger partial charge in [-0.1, -0.05) is 0 Å². The van der Waals surface area contributed by atoms with Crippen LogP contribution in [0.15, 0.2) is 35.5 Å². The van der Waals surface area contributed by atoms with E-state index in [1.165, 1.54) is 6.20 Å². The van der Waals surface area contributed by atoms with E-state index < -0.39 is 5.92 Å². The Balaban J connectivity index is 1.35. The maximum absolute atomic E-state index is 13.6. The first kappa shape index (κ1) is 18.6. The largest absolute Gasteiger partial charge is 0.310 e. The van der Waals surface area contributed by atoms with E-state index in [0.29, 0.717) is 29.7 Å². The van der Waals surface area contributed by atoms with Crippen LogP contribution in [0.3, 0.4) is 0 Å². The Kier molecular flexibility index (Phi) is 4.00. The van der Waals surface area contributed by atoms with Crippen molar-refractivity contribution in [2.45, 2.75) is 62.3 Å². The highest BCUT2D eigenvalue weighted by molar-refractivity contribution is 5.73. The quantitative estimate of drug-likeness (QED) is 0.542. The molecule has 2 aliphatic rings. The van der Waals surface area contributed by atoms with Crippen LogP contribution in [0, 0.1) is 0 Å². The smallest absolute Gasteiger partial charge is 0.262 e. The zero-order valence-corrected chi connectivity index (χ0v) is 16.7. The number of rotatable bonds is 3. The molecule has 0 bridgehead atoms. The maximum atomic E-state index is 13.6. The van der Waals surface area contributed by atoms with Crippen molar-refractivity contribution in [2.75, 3.05) is 0 Å². The Morgan fingerprint density at radius 2 is 1.87 bits per heavy atom. The molecule has 0 saturated heterocycles. The van der Waals surface area contributed by atoms with E-state index in [4.69, 9.17) is 4.98 Å². The van der Waals surface area contributed by atoms with Gasteiger partial charge in [-0.05, 0) is 37.8 Å². The lowest BCUT2D eigenvalue weighted by molar-refractivity contribution is -0.0446. The third kappa shape index (κ3) is 3.03. The number of fused-ring (bicyclic) bond motifs is 2. The Morgan fingerprint density at radius 1 is 1.06 bits per heavy atom. The minimum Gasteiger partial charge on any atom is -0.310 e. The van der Waals surface area contributed by atoms with Crippen LogP contribution >= 0.6 is 0 Å². The number of hydrogen-bond donors (Lipinski definition) is 1. The van der Waals surface area contributed by atoms with Crippen molar-refractivity contribution in [3.63, 3.8) is 0 Å². The van der Waals surface area contributed by atoms with Gasteiger partial charge in [-0.3, -0.25) is 4.79 Å². The lowest BCUT2D eigenvalue weighted by Gasteiger charge is -2.34. The molecule has 4 aromatic rings. The number of halogens is 2. The molecule has 0 aliphatic heterocycles. The Bertz CT molecular complexity index is 1300. The first-order chi connectivity index (χ1) is 15.0. The predicted molar refractivity (Wildman–Crippen MR) is 108 cm³/mol. The van der Waals surface area contributed by atoms with Gasteiger partial charge in [0.2, 0.25) is 5.92 Å². The van der Waals surface area contributed by atoms with E-state index in [0.717, 1.165) is 24.2 Å². The summed E-state index contributed by atoms with van der Waals surface area (Å²) < 4.78 is 30.6. The molecule has 0 aromatic carbocycles. The van der Waals surface area contributed by atoms with Crippen LogP contribution in [-0.2, 0) is 0 Å². The molecule has 6 rings (SSSR count). The number of hydrogen-bond acceptors (Lipinski definition) is 5. The number of nitrogens with one attached hydrogen (secondary N) is 1. The predicted octanol–water partition coefficient (Wildman–Crippen LogP) is 3.57. The van der Waals surface area contributed by atoms with Crippen molar-refractivity contribution < 1.29 is 8.78 Å². The molecule has 2 fully saturated rings. The molecule has 4 heterocycles. The number of H-pyrrole nitrogens is 1. The van der Waals surface area contributed by atoms with Crippen molar-refractivity contribution in [3.8, 4) is 0 Å². The van der Waals surface area contributed by atoms with Crippen molar-refractivity contribution in [2.24, 2.45) is 0 Å². The lowest BCUT2D eigenvalue weighted by Crippen LogP contribution is -2.28. The number of aromatic amines is 1. The summed E-state index contributed by atoms with van der Waals surface area (Å²) in [6.07, 6.45) is 7.30. The average Bonchev–Trinajstić information content (AvgIpc) is 3.31. The van der Waals surface area contributed by atoms with Gasteiger partial charge in [0.25, 0.3) is 5.56 Å². The van der Waals surface area contributed by atoms with Crippen LogP contribution in [-0.4, -0.2) is 40.3 Å². The van der Waals surface area contributed by atoms with Crippen LogP contribution in [0.5, 0.6) is 0 Å². The first-order valence-corrected chi connectivity index (χ1v) is 10.6. The first-order valence-electron chi connectivity index (χ1n) is 10.6.